The lowest BCUT2D eigenvalue weighted by molar-refractivity contribution is -0.384. The number of nitro groups is 1. The van der Waals surface area contributed by atoms with Crippen LogP contribution >= 0.6 is 11.3 Å². The third-order valence-electron chi connectivity index (χ3n) is 7.74. The van der Waals surface area contributed by atoms with Crippen LogP contribution in [0.4, 0.5) is 11.4 Å². The van der Waals surface area contributed by atoms with Gasteiger partial charge in [-0.05, 0) is 64.6 Å². The van der Waals surface area contributed by atoms with E-state index in [-0.39, 0.29) is 29.5 Å². The van der Waals surface area contributed by atoms with Crippen LogP contribution in [0.25, 0.3) is 6.08 Å². The van der Waals surface area contributed by atoms with Crippen molar-refractivity contribution in [3.05, 3.63) is 88.6 Å². The molecule has 0 aliphatic carbocycles. The van der Waals surface area contributed by atoms with Crippen LogP contribution in [-0.2, 0) is 9.53 Å². The number of nitrogens with zero attached hydrogens (tertiary/aromatic N) is 5. The highest BCUT2D eigenvalue weighted by Gasteiger charge is 2.34. The Morgan fingerprint density at radius 1 is 1.16 bits per heavy atom. The third kappa shape index (κ3) is 6.50. The van der Waals surface area contributed by atoms with Crippen LogP contribution in [0.5, 0.6) is 11.5 Å². The first kappa shape index (κ1) is 31.9. The molecule has 238 valence electrons. The number of thiazole rings is 1. The third-order valence-corrected chi connectivity index (χ3v) is 8.72. The van der Waals surface area contributed by atoms with Gasteiger partial charge in [-0.2, -0.15) is 0 Å². The van der Waals surface area contributed by atoms with Gasteiger partial charge in [0.2, 0.25) is 0 Å². The maximum absolute atomic E-state index is 14.2. The Morgan fingerprint density at radius 3 is 2.53 bits per heavy atom. The molecule has 2 aromatic carbocycles. The fraction of sp³-hybridized carbons (Fsp3) is 0.406. The fourth-order valence-electron chi connectivity index (χ4n) is 5.56. The number of likely N-dealkylation sites (N-methyl/N-ethyl adjacent to an activating group) is 1. The standard InChI is InChI=1S/C32H37N5O7S/c1-7-43-31(39)28-20(4)33-32-36(29(28)21-8-11-25(44-19(2)3)26(17-21)42-6)30(38)27(45-32)18-22-16-23(37(40)41)9-10-24(22)35-14-12-34(5)13-15-35/h8-11,16-19,29H,7,12-15H2,1-6H3/b27-18-/t29-/m0/s1. The molecule has 0 amide bonds. The number of non-ortho nitro benzene ring substituents is 1. The number of allylic oxidation sites excluding steroid dienone is 1. The predicted octanol–water partition coefficient (Wildman–Crippen LogP) is 3.25. The zero-order chi connectivity index (χ0) is 32.4. The van der Waals surface area contributed by atoms with E-state index in [0.29, 0.717) is 37.7 Å². The number of aromatic nitrogens is 1. The molecule has 12 nitrogen and oxygen atoms in total. The highest BCUT2D eigenvalue weighted by atomic mass is 32.1. The molecule has 1 saturated heterocycles. The second kappa shape index (κ2) is 13.2. The van der Waals surface area contributed by atoms with Crippen LogP contribution in [-0.4, -0.2) is 73.4 Å². The summed E-state index contributed by atoms with van der Waals surface area (Å²) in [4.78, 5) is 48.3. The van der Waals surface area contributed by atoms with Crippen molar-refractivity contribution in [1.82, 2.24) is 9.47 Å². The molecule has 0 saturated carbocycles. The molecule has 2 aliphatic rings. The second-order valence-electron chi connectivity index (χ2n) is 11.2. The van der Waals surface area contributed by atoms with Crippen molar-refractivity contribution in [2.75, 3.05) is 51.8 Å². The predicted molar refractivity (Wildman–Crippen MR) is 172 cm³/mol. The van der Waals surface area contributed by atoms with Crippen molar-refractivity contribution >= 4 is 34.8 Å². The van der Waals surface area contributed by atoms with E-state index < -0.39 is 16.9 Å². The molecule has 45 heavy (non-hydrogen) atoms. The number of hydrogen-bond acceptors (Lipinski definition) is 11. The maximum Gasteiger partial charge on any atom is 0.338 e. The minimum atomic E-state index is -0.855. The van der Waals surface area contributed by atoms with Gasteiger partial charge in [0.05, 0.1) is 46.6 Å². The molecule has 0 bridgehead atoms. The Balaban J connectivity index is 1.70. The Morgan fingerprint density at radius 2 is 1.89 bits per heavy atom. The van der Waals surface area contributed by atoms with Crippen LogP contribution in [0.2, 0.25) is 0 Å². The summed E-state index contributed by atoms with van der Waals surface area (Å²) in [5, 5.41) is 11.7. The summed E-state index contributed by atoms with van der Waals surface area (Å²) in [7, 11) is 3.58. The molecule has 3 heterocycles. The normalized spacial score (nSPS) is 17.3. The van der Waals surface area contributed by atoms with Crippen molar-refractivity contribution < 1.29 is 23.9 Å². The van der Waals surface area contributed by atoms with Gasteiger partial charge in [0.15, 0.2) is 16.3 Å². The average molecular weight is 636 g/mol. The van der Waals surface area contributed by atoms with Gasteiger partial charge in [-0.25, -0.2) is 9.79 Å². The smallest absolute Gasteiger partial charge is 0.338 e. The first-order valence-electron chi connectivity index (χ1n) is 14.8. The lowest BCUT2D eigenvalue weighted by Gasteiger charge is -2.34. The topological polar surface area (TPSA) is 129 Å². The van der Waals surface area contributed by atoms with Gasteiger partial charge >= 0.3 is 5.97 Å². The Labute approximate surface area is 264 Å². The van der Waals surface area contributed by atoms with Crippen molar-refractivity contribution in [1.29, 1.82) is 0 Å². The highest BCUT2D eigenvalue weighted by molar-refractivity contribution is 7.07. The van der Waals surface area contributed by atoms with E-state index in [4.69, 9.17) is 14.2 Å². The molecule has 0 radical (unpaired) electrons. The maximum atomic E-state index is 14.2. The van der Waals surface area contributed by atoms with E-state index in [1.165, 1.54) is 35.1 Å². The van der Waals surface area contributed by atoms with E-state index in [1.807, 2.05) is 13.8 Å². The minimum Gasteiger partial charge on any atom is -0.493 e. The van der Waals surface area contributed by atoms with E-state index >= 15 is 0 Å². The van der Waals surface area contributed by atoms with Gasteiger partial charge in [0.1, 0.15) is 0 Å². The largest absolute Gasteiger partial charge is 0.493 e. The average Bonchev–Trinajstić information content (AvgIpc) is 3.30. The Bertz CT molecular complexity index is 1840. The van der Waals surface area contributed by atoms with Crippen LogP contribution in [0, 0.1) is 10.1 Å². The van der Waals surface area contributed by atoms with Crippen LogP contribution in [0.15, 0.2) is 57.5 Å². The monoisotopic (exact) mass is 635 g/mol. The summed E-state index contributed by atoms with van der Waals surface area (Å²) in [6.07, 6.45) is 1.59. The number of piperazine rings is 1. The number of carbonyl (C=O) groups excluding carboxylic acids is 1. The summed E-state index contributed by atoms with van der Waals surface area (Å²) < 4.78 is 18.8. The Hall–Kier alpha value is -4.49. The molecule has 3 aromatic rings. The molecule has 5 rings (SSSR count). The lowest BCUT2D eigenvalue weighted by atomic mass is 9.95. The summed E-state index contributed by atoms with van der Waals surface area (Å²) in [6.45, 7) is 10.6. The summed E-state index contributed by atoms with van der Waals surface area (Å²) in [6, 6.07) is 9.18. The van der Waals surface area contributed by atoms with E-state index in [1.54, 1.807) is 44.2 Å². The number of rotatable bonds is 9. The van der Waals surface area contributed by atoms with E-state index in [2.05, 4.69) is 21.8 Å². The molecule has 0 N–H and O–H groups in total. The first-order chi connectivity index (χ1) is 21.5. The summed E-state index contributed by atoms with van der Waals surface area (Å²) in [5.41, 5.74) is 2.21. The van der Waals surface area contributed by atoms with Gasteiger partial charge in [-0.3, -0.25) is 19.5 Å². The fourth-order valence-corrected chi connectivity index (χ4v) is 6.60. The molecule has 1 atom stereocenters. The van der Waals surface area contributed by atoms with Gasteiger partial charge in [-0.15, -0.1) is 0 Å². The van der Waals surface area contributed by atoms with Crippen molar-refractivity contribution in [3.8, 4) is 11.5 Å². The number of hydrogen-bond donors (Lipinski definition) is 0. The van der Waals surface area contributed by atoms with E-state index in [9.17, 15) is 19.7 Å². The molecule has 13 heteroatoms. The van der Waals surface area contributed by atoms with Crippen LogP contribution in [0.1, 0.15) is 44.9 Å². The minimum absolute atomic E-state index is 0.0685. The Kier molecular flexibility index (Phi) is 9.40. The summed E-state index contributed by atoms with van der Waals surface area (Å²) >= 11 is 1.17. The second-order valence-corrected chi connectivity index (χ2v) is 12.2. The number of ether oxygens (including phenoxy) is 3. The van der Waals surface area contributed by atoms with Crippen LogP contribution < -0.4 is 29.3 Å². The number of fused-ring (bicyclic) bond motifs is 1. The van der Waals surface area contributed by atoms with Crippen molar-refractivity contribution in [3.63, 3.8) is 0 Å². The van der Waals surface area contributed by atoms with Gasteiger partial charge in [-0.1, -0.05) is 17.4 Å². The van der Waals surface area contributed by atoms with Crippen LogP contribution in [0.3, 0.4) is 0 Å². The van der Waals surface area contributed by atoms with Crippen molar-refractivity contribution in [2.45, 2.75) is 39.8 Å². The number of benzene rings is 2. The van der Waals surface area contributed by atoms with Gasteiger partial charge in [0.25, 0.3) is 11.2 Å². The molecular weight excluding hydrogens is 598 g/mol. The van der Waals surface area contributed by atoms with E-state index in [0.717, 1.165) is 31.9 Å². The zero-order valence-electron chi connectivity index (χ0n) is 26.2. The molecule has 1 aromatic heterocycles. The highest BCUT2D eigenvalue weighted by Crippen LogP contribution is 2.36. The quantitative estimate of drug-likeness (QED) is 0.198. The number of nitro benzene ring substituents is 1. The number of carbonyl (C=O) groups is 1. The van der Waals surface area contributed by atoms with Gasteiger partial charge in [0, 0.05) is 49.6 Å². The molecule has 0 unspecified atom stereocenters. The molecule has 1 fully saturated rings. The molecule has 0 spiro atoms. The number of anilines is 1. The van der Waals surface area contributed by atoms with Crippen molar-refractivity contribution in [2.24, 2.45) is 4.99 Å². The first-order valence-corrected chi connectivity index (χ1v) is 15.6. The lowest BCUT2D eigenvalue weighted by Crippen LogP contribution is -2.44. The summed E-state index contributed by atoms with van der Waals surface area (Å²) in [5.74, 6) is 0.411. The number of esters is 1. The molecular formula is C32H37N5O7S. The zero-order valence-corrected chi connectivity index (χ0v) is 27.1. The van der Waals surface area contributed by atoms with Gasteiger partial charge < -0.3 is 24.0 Å². The SMILES string of the molecule is CCOC(=O)C1=C(C)N=c2s/c(=C\c3cc([N+](=O)[O-])ccc3N3CCN(C)CC3)c(=O)n2[C@H]1c1ccc(OC(C)C)c(OC)c1. The molecule has 2 aliphatic heterocycles. The number of methoxy groups -OCH3 is 1.